The lowest BCUT2D eigenvalue weighted by molar-refractivity contribution is -0.0383. The molecular weight excluding hydrogens is 434 g/mol. The number of carbonyl (C=O) groups is 1. The summed E-state index contributed by atoms with van der Waals surface area (Å²) in [6, 6.07) is 12.9. The van der Waals surface area contributed by atoms with E-state index in [0.29, 0.717) is 28.8 Å². The molecule has 0 aliphatic carbocycles. The number of aromatic nitrogens is 3. The average Bonchev–Trinajstić information content (AvgIpc) is 3.27. The number of pyridine rings is 1. The number of anilines is 2. The SMILES string of the molecule is CC1CC(c2nc(-c3cccc(NC(=O)c4ccc(N)nc4)c3)nc3ccsc23)CC(C)O1. The summed E-state index contributed by atoms with van der Waals surface area (Å²) in [6.45, 7) is 4.25. The van der Waals surface area contributed by atoms with Gasteiger partial charge in [-0.1, -0.05) is 12.1 Å². The van der Waals surface area contributed by atoms with Gasteiger partial charge < -0.3 is 15.8 Å². The van der Waals surface area contributed by atoms with E-state index in [-0.39, 0.29) is 18.1 Å². The number of fused-ring (bicyclic) bond motifs is 1. The van der Waals surface area contributed by atoms with Crippen molar-refractivity contribution in [2.75, 3.05) is 11.1 Å². The Balaban J connectivity index is 1.47. The van der Waals surface area contributed by atoms with Crippen molar-refractivity contribution in [2.45, 2.75) is 44.8 Å². The molecule has 4 heterocycles. The zero-order valence-electron chi connectivity index (χ0n) is 18.5. The minimum Gasteiger partial charge on any atom is -0.384 e. The van der Waals surface area contributed by atoms with Crippen LogP contribution in [0.15, 0.2) is 54.0 Å². The molecule has 4 aromatic rings. The molecule has 2 atom stereocenters. The fourth-order valence-corrected chi connectivity index (χ4v) is 5.30. The third-order valence-electron chi connectivity index (χ3n) is 5.84. The standard InChI is InChI=1S/C25H25N5O2S/c1-14-10-18(11-15(2)32-14)22-23-20(8-9-33-23)29-24(30-22)16-4-3-5-19(12-16)28-25(31)17-6-7-21(26)27-13-17/h3-9,12-15,18H,10-11H2,1-2H3,(H2,26,27)(H,28,31). The van der Waals surface area contributed by atoms with Crippen LogP contribution in [-0.2, 0) is 4.74 Å². The molecule has 0 spiro atoms. The van der Waals surface area contributed by atoms with Crippen LogP contribution < -0.4 is 11.1 Å². The lowest BCUT2D eigenvalue weighted by Gasteiger charge is -2.32. The number of hydrogen-bond acceptors (Lipinski definition) is 7. The summed E-state index contributed by atoms with van der Waals surface area (Å²) in [6.07, 6.45) is 3.76. The summed E-state index contributed by atoms with van der Waals surface area (Å²) in [4.78, 5) is 26.4. The van der Waals surface area contributed by atoms with E-state index in [4.69, 9.17) is 20.4 Å². The lowest BCUT2D eigenvalue weighted by atomic mass is 9.89. The maximum atomic E-state index is 12.6. The Labute approximate surface area is 196 Å². The minimum absolute atomic E-state index is 0.202. The van der Waals surface area contributed by atoms with E-state index >= 15 is 0 Å². The van der Waals surface area contributed by atoms with Gasteiger partial charge in [0, 0.05) is 23.4 Å². The van der Waals surface area contributed by atoms with Crippen molar-refractivity contribution in [1.29, 1.82) is 0 Å². The van der Waals surface area contributed by atoms with E-state index in [1.165, 1.54) is 6.20 Å². The number of nitrogens with one attached hydrogen (secondary N) is 1. The third-order valence-corrected chi connectivity index (χ3v) is 6.77. The second kappa shape index (κ2) is 8.88. The van der Waals surface area contributed by atoms with Crippen molar-refractivity contribution < 1.29 is 9.53 Å². The van der Waals surface area contributed by atoms with Gasteiger partial charge in [-0.05, 0) is 62.4 Å². The number of thiophene rings is 1. The molecule has 33 heavy (non-hydrogen) atoms. The smallest absolute Gasteiger partial charge is 0.257 e. The van der Waals surface area contributed by atoms with Gasteiger partial charge in [0.2, 0.25) is 0 Å². The first-order chi connectivity index (χ1) is 16.0. The summed E-state index contributed by atoms with van der Waals surface area (Å²) in [5, 5.41) is 4.99. The van der Waals surface area contributed by atoms with Gasteiger partial charge in [-0.2, -0.15) is 0 Å². The molecule has 1 amide bonds. The molecule has 8 heteroatoms. The van der Waals surface area contributed by atoms with Crippen LogP contribution in [0.3, 0.4) is 0 Å². The maximum absolute atomic E-state index is 12.6. The van der Waals surface area contributed by atoms with Crippen molar-refractivity contribution in [3.8, 4) is 11.4 Å². The summed E-state index contributed by atoms with van der Waals surface area (Å²) in [7, 11) is 0. The van der Waals surface area contributed by atoms with E-state index in [1.807, 2.05) is 30.3 Å². The number of rotatable bonds is 4. The number of carbonyl (C=O) groups excluding carboxylic acids is 1. The Hall–Kier alpha value is -3.36. The Morgan fingerprint density at radius 2 is 1.94 bits per heavy atom. The van der Waals surface area contributed by atoms with E-state index in [9.17, 15) is 4.79 Å². The molecule has 0 bridgehead atoms. The Kier molecular flexibility index (Phi) is 5.78. The fourth-order valence-electron chi connectivity index (χ4n) is 4.40. The Morgan fingerprint density at radius 1 is 1.12 bits per heavy atom. The summed E-state index contributed by atoms with van der Waals surface area (Å²) < 4.78 is 7.09. The predicted molar refractivity (Wildman–Crippen MR) is 131 cm³/mol. The van der Waals surface area contributed by atoms with Gasteiger partial charge in [0.15, 0.2) is 5.82 Å². The van der Waals surface area contributed by atoms with Crippen LogP contribution in [0, 0.1) is 0 Å². The van der Waals surface area contributed by atoms with Crippen molar-refractivity contribution in [3.63, 3.8) is 0 Å². The van der Waals surface area contributed by atoms with E-state index < -0.39 is 0 Å². The third kappa shape index (κ3) is 4.58. The van der Waals surface area contributed by atoms with Crippen molar-refractivity contribution >= 4 is 39.0 Å². The topological polar surface area (TPSA) is 103 Å². The normalized spacial score (nSPS) is 20.6. The average molecular weight is 460 g/mol. The molecule has 1 aromatic carbocycles. The van der Waals surface area contributed by atoms with E-state index in [1.54, 1.807) is 23.5 Å². The number of nitrogens with zero attached hydrogens (tertiary/aromatic N) is 3. The highest BCUT2D eigenvalue weighted by Crippen LogP contribution is 2.38. The molecule has 1 saturated heterocycles. The van der Waals surface area contributed by atoms with Gasteiger partial charge in [0.05, 0.1) is 33.7 Å². The molecule has 1 fully saturated rings. The molecule has 168 valence electrons. The zero-order chi connectivity index (χ0) is 22.9. The summed E-state index contributed by atoms with van der Waals surface area (Å²) in [5.41, 5.74) is 9.62. The highest BCUT2D eigenvalue weighted by molar-refractivity contribution is 7.17. The summed E-state index contributed by atoms with van der Waals surface area (Å²) >= 11 is 1.69. The highest BCUT2D eigenvalue weighted by atomic mass is 32.1. The monoisotopic (exact) mass is 459 g/mol. The first-order valence-electron chi connectivity index (χ1n) is 11.0. The molecule has 0 saturated carbocycles. The number of amides is 1. The Morgan fingerprint density at radius 3 is 2.70 bits per heavy atom. The van der Waals surface area contributed by atoms with Crippen molar-refractivity contribution in [2.24, 2.45) is 0 Å². The first-order valence-corrected chi connectivity index (χ1v) is 11.9. The molecule has 3 aromatic heterocycles. The van der Waals surface area contributed by atoms with E-state index in [2.05, 4.69) is 29.5 Å². The van der Waals surface area contributed by atoms with Gasteiger partial charge in [-0.15, -0.1) is 11.3 Å². The number of nitrogens with two attached hydrogens (primary N) is 1. The summed E-state index contributed by atoms with van der Waals surface area (Å²) in [5.74, 6) is 1.11. The first kappa shape index (κ1) is 21.5. The molecule has 1 aliphatic heterocycles. The van der Waals surface area contributed by atoms with Crippen molar-refractivity contribution in [1.82, 2.24) is 15.0 Å². The molecule has 3 N–H and O–H groups in total. The van der Waals surface area contributed by atoms with Crippen LogP contribution in [0.25, 0.3) is 21.6 Å². The van der Waals surface area contributed by atoms with Gasteiger partial charge in [0.25, 0.3) is 5.91 Å². The van der Waals surface area contributed by atoms with Crippen LogP contribution in [0.1, 0.15) is 48.7 Å². The van der Waals surface area contributed by atoms with E-state index in [0.717, 1.165) is 34.3 Å². The number of nitrogen functional groups attached to an aromatic ring is 1. The molecule has 2 unspecified atom stereocenters. The number of ether oxygens (including phenoxy) is 1. The minimum atomic E-state index is -0.250. The molecule has 0 radical (unpaired) electrons. The zero-order valence-corrected chi connectivity index (χ0v) is 19.3. The quantitative estimate of drug-likeness (QED) is 0.432. The van der Waals surface area contributed by atoms with Gasteiger partial charge in [0.1, 0.15) is 5.82 Å². The molecular formula is C25H25N5O2S. The molecule has 5 rings (SSSR count). The van der Waals surface area contributed by atoms with Gasteiger partial charge >= 0.3 is 0 Å². The second-order valence-corrected chi connectivity index (χ2v) is 9.42. The maximum Gasteiger partial charge on any atom is 0.257 e. The largest absolute Gasteiger partial charge is 0.384 e. The number of benzene rings is 1. The lowest BCUT2D eigenvalue weighted by Crippen LogP contribution is -2.28. The molecule has 1 aliphatic rings. The highest BCUT2D eigenvalue weighted by Gasteiger charge is 2.29. The Bertz CT molecular complexity index is 1290. The second-order valence-electron chi connectivity index (χ2n) is 8.50. The van der Waals surface area contributed by atoms with Crippen LogP contribution in [-0.4, -0.2) is 33.1 Å². The molecule has 7 nitrogen and oxygen atoms in total. The number of hydrogen-bond donors (Lipinski definition) is 2. The van der Waals surface area contributed by atoms with Gasteiger partial charge in [-0.3, -0.25) is 4.79 Å². The fraction of sp³-hybridized carbons (Fsp3) is 0.280. The van der Waals surface area contributed by atoms with Crippen LogP contribution in [0.5, 0.6) is 0 Å². The van der Waals surface area contributed by atoms with Gasteiger partial charge in [-0.25, -0.2) is 15.0 Å². The van der Waals surface area contributed by atoms with Crippen LogP contribution in [0.2, 0.25) is 0 Å². The van der Waals surface area contributed by atoms with Crippen LogP contribution in [0.4, 0.5) is 11.5 Å². The van der Waals surface area contributed by atoms with Crippen LogP contribution >= 0.6 is 11.3 Å². The van der Waals surface area contributed by atoms with Crippen molar-refractivity contribution in [3.05, 3.63) is 65.3 Å². The predicted octanol–water partition coefficient (Wildman–Crippen LogP) is 5.26.